The number of rotatable bonds is 0. The molecule has 0 amide bonds. The summed E-state index contributed by atoms with van der Waals surface area (Å²) >= 11 is 0. The van der Waals surface area contributed by atoms with Crippen molar-refractivity contribution in [2.75, 3.05) is 0 Å². The Labute approximate surface area is 138 Å². The molecular formula is C19H25ClO2. The maximum Gasteiger partial charge on any atom is 0.178 e. The van der Waals surface area contributed by atoms with Crippen molar-refractivity contribution in [3.8, 4) is 0 Å². The SMILES string of the molecule is C[C@]12C=CC(=O)C=C1CC[C@@H]1[C@@H]2CC[C@]2(C)C(=O)CC[C@@H]12.Cl. The highest BCUT2D eigenvalue weighted by Gasteiger charge is 2.58. The molecule has 0 aliphatic heterocycles. The van der Waals surface area contributed by atoms with Crippen LogP contribution < -0.4 is 0 Å². The topological polar surface area (TPSA) is 34.1 Å². The van der Waals surface area contributed by atoms with Crippen LogP contribution in [0.1, 0.15) is 52.4 Å². The van der Waals surface area contributed by atoms with Crippen molar-refractivity contribution < 1.29 is 9.59 Å². The smallest absolute Gasteiger partial charge is 0.178 e. The van der Waals surface area contributed by atoms with Crippen LogP contribution in [0.15, 0.2) is 23.8 Å². The van der Waals surface area contributed by atoms with Gasteiger partial charge in [0.2, 0.25) is 0 Å². The maximum atomic E-state index is 12.3. The molecule has 0 unspecified atom stereocenters. The molecule has 0 saturated heterocycles. The number of hydrogen-bond donors (Lipinski definition) is 0. The number of allylic oxidation sites excluding steroid dienone is 4. The second-order valence-electron chi connectivity index (χ2n) is 8.02. The second kappa shape index (κ2) is 5.06. The summed E-state index contributed by atoms with van der Waals surface area (Å²) in [5.41, 5.74) is 1.35. The van der Waals surface area contributed by atoms with Crippen LogP contribution in [0.5, 0.6) is 0 Å². The molecule has 0 spiro atoms. The van der Waals surface area contributed by atoms with Crippen molar-refractivity contribution in [3.63, 3.8) is 0 Å². The number of carbonyl (C=O) groups is 2. The van der Waals surface area contributed by atoms with Gasteiger partial charge in [-0.15, -0.1) is 12.4 Å². The summed E-state index contributed by atoms with van der Waals surface area (Å²) < 4.78 is 0. The minimum atomic E-state index is -0.0487. The molecule has 5 atom stereocenters. The molecule has 0 radical (unpaired) electrons. The third kappa shape index (κ3) is 1.92. The van der Waals surface area contributed by atoms with Gasteiger partial charge in [0.05, 0.1) is 0 Å². The van der Waals surface area contributed by atoms with E-state index in [1.54, 1.807) is 6.08 Å². The molecular weight excluding hydrogens is 296 g/mol. The Kier molecular flexibility index (Phi) is 3.67. The normalized spacial score (nSPS) is 46.3. The monoisotopic (exact) mass is 320 g/mol. The van der Waals surface area contributed by atoms with Gasteiger partial charge >= 0.3 is 0 Å². The molecule has 120 valence electrons. The number of fused-ring (bicyclic) bond motifs is 5. The Morgan fingerprint density at radius 3 is 2.59 bits per heavy atom. The quantitative estimate of drug-likeness (QED) is 0.667. The molecule has 0 aromatic rings. The fourth-order valence-corrected chi connectivity index (χ4v) is 5.97. The minimum Gasteiger partial charge on any atom is -0.299 e. The Balaban J connectivity index is 0.00000144. The predicted molar refractivity (Wildman–Crippen MR) is 88.9 cm³/mol. The van der Waals surface area contributed by atoms with Crippen LogP contribution in [0.2, 0.25) is 0 Å². The van der Waals surface area contributed by atoms with Gasteiger partial charge in [0, 0.05) is 17.3 Å². The van der Waals surface area contributed by atoms with E-state index >= 15 is 0 Å². The first-order valence-electron chi connectivity index (χ1n) is 8.43. The van der Waals surface area contributed by atoms with Gasteiger partial charge in [0.15, 0.2) is 5.78 Å². The average Bonchev–Trinajstić information content (AvgIpc) is 2.76. The first-order valence-corrected chi connectivity index (χ1v) is 8.43. The number of carbonyl (C=O) groups excluding carboxylic acids is 2. The molecule has 3 saturated carbocycles. The summed E-state index contributed by atoms with van der Waals surface area (Å²) in [5, 5.41) is 0. The maximum absolute atomic E-state index is 12.3. The predicted octanol–water partition coefficient (Wildman–Crippen LogP) is 4.29. The van der Waals surface area contributed by atoms with Crippen molar-refractivity contribution in [1.29, 1.82) is 0 Å². The van der Waals surface area contributed by atoms with E-state index in [1.807, 2.05) is 6.08 Å². The van der Waals surface area contributed by atoms with Crippen molar-refractivity contribution >= 4 is 24.0 Å². The van der Waals surface area contributed by atoms with Gasteiger partial charge in [-0.05, 0) is 62.0 Å². The van der Waals surface area contributed by atoms with Crippen LogP contribution in [0.3, 0.4) is 0 Å². The first-order chi connectivity index (χ1) is 9.95. The number of Topliss-reactive ketones (excluding diaryl/α,β-unsaturated/α-hetero) is 1. The van der Waals surface area contributed by atoms with Crippen molar-refractivity contribution in [3.05, 3.63) is 23.8 Å². The molecule has 3 heteroatoms. The van der Waals surface area contributed by atoms with E-state index in [9.17, 15) is 9.59 Å². The van der Waals surface area contributed by atoms with Gasteiger partial charge < -0.3 is 0 Å². The highest BCUT2D eigenvalue weighted by molar-refractivity contribution is 6.01. The van der Waals surface area contributed by atoms with Gasteiger partial charge in [-0.3, -0.25) is 9.59 Å². The van der Waals surface area contributed by atoms with Gasteiger partial charge in [-0.25, -0.2) is 0 Å². The molecule has 4 aliphatic carbocycles. The van der Waals surface area contributed by atoms with E-state index in [4.69, 9.17) is 0 Å². The number of ketones is 2. The molecule has 22 heavy (non-hydrogen) atoms. The molecule has 4 aliphatic rings. The summed E-state index contributed by atoms with van der Waals surface area (Å²) in [5.74, 6) is 2.51. The first kappa shape index (κ1) is 16.0. The van der Waals surface area contributed by atoms with E-state index in [2.05, 4.69) is 19.9 Å². The zero-order valence-electron chi connectivity index (χ0n) is 13.4. The van der Waals surface area contributed by atoms with Gasteiger partial charge in [-0.1, -0.05) is 25.5 Å². The Morgan fingerprint density at radius 2 is 1.82 bits per heavy atom. The molecule has 0 aromatic carbocycles. The van der Waals surface area contributed by atoms with Crippen LogP contribution >= 0.6 is 12.4 Å². The summed E-state index contributed by atoms with van der Waals surface area (Å²) in [6.07, 6.45) is 12.1. The van der Waals surface area contributed by atoms with Gasteiger partial charge in [-0.2, -0.15) is 0 Å². The van der Waals surface area contributed by atoms with E-state index in [0.29, 0.717) is 23.5 Å². The molecule has 0 heterocycles. The highest BCUT2D eigenvalue weighted by atomic mass is 35.5. The number of hydrogen-bond acceptors (Lipinski definition) is 2. The molecule has 2 nitrogen and oxygen atoms in total. The lowest BCUT2D eigenvalue weighted by Gasteiger charge is -2.55. The fourth-order valence-electron chi connectivity index (χ4n) is 5.97. The summed E-state index contributed by atoms with van der Waals surface area (Å²) in [4.78, 5) is 24.0. The van der Waals surface area contributed by atoms with Crippen LogP contribution in [-0.2, 0) is 9.59 Å². The third-order valence-corrected chi connectivity index (χ3v) is 7.27. The zero-order chi connectivity index (χ0) is 14.8. The second-order valence-corrected chi connectivity index (χ2v) is 8.02. The van der Waals surface area contributed by atoms with Crippen LogP contribution in [0.25, 0.3) is 0 Å². The fraction of sp³-hybridized carbons (Fsp3) is 0.684. The molecule has 3 fully saturated rings. The minimum absolute atomic E-state index is 0. The Morgan fingerprint density at radius 1 is 1.05 bits per heavy atom. The lowest BCUT2D eigenvalue weighted by Crippen LogP contribution is -2.49. The van der Waals surface area contributed by atoms with Crippen molar-refractivity contribution in [2.24, 2.45) is 28.6 Å². The summed E-state index contributed by atoms with van der Waals surface area (Å²) in [6.45, 7) is 4.54. The van der Waals surface area contributed by atoms with E-state index < -0.39 is 0 Å². The lowest BCUT2D eigenvalue weighted by atomic mass is 9.48. The highest BCUT2D eigenvalue weighted by Crippen LogP contribution is 2.63. The summed E-state index contributed by atoms with van der Waals surface area (Å²) in [7, 11) is 0. The molecule has 0 bridgehead atoms. The number of halogens is 1. The molecule has 0 aromatic heterocycles. The summed E-state index contributed by atoms with van der Waals surface area (Å²) in [6, 6.07) is 0. The molecule has 4 rings (SSSR count). The van der Waals surface area contributed by atoms with Crippen molar-refractivity contribution in [1.82, 2.24) is 0 Å². The lowest BCUT2D eigenvalue weighted by molar-refractivity contribution is -0.131. The molecule has 0 N–H and O–H groups in total. The largest absolute Gasteiger partial charge is 0.299 e. The standard InChI is InChI=1S/C19H24O2.ClH/c1-18-9-7-13(20)11-12(18)3-4-14-15-5-6-17(21)19(15,2)10-8-16(14)18;/h7,9,11,14-16H,3-6,8,10H2,1-2H3;1H/t14-,15-,16-,18-,19-;/m0./s1. The van der Waals surface area contributed by atoms with E-state index in [0.717, 1.165) is 32.1 Å². The van der Waals surface area contributed by atoms with Gasteiger partial charge in [0.25, 0.3) is 0 Å². The average molecular weight is 321 g/mol. The van der Waals surface area contributed by atoms with Crippen LogP contribution in [-0.4, -0.2) is 11.6 Å². The Hall–Kier alpha value is -0.890. The Bertz CT molecular complexity index is 590. The van der Waals surface area contributed by atoms with Crippen molar-refractivity contribution in [2.45, 2.75) is 52.4 Å². The van der Waals surface area contributed by atoms with E-state index in [-0.39, 0.29) is 29.0 Å². The van der Waals surface area contributed by atoms with Crippen LogP contribution in [0, 0.1) is 28.6 Å². The van der Waals surface area contributed by atoms with E-state index in [1.165, 1.54) is 12.0 Å². The van der Waals surface area contributed by atoms with Gasteiger partial charge in [0.1, 0.15) is 5.78 Å². The van der Waals surface area contributed by atoms with Crippen LogP contribution in [0.4, 0.5) is 0 Å². The third-order valence-electron chi connectivity index (χ3n) is 7.27. The zero-order valence-corrected chi connectivity index (χ0v) is 14.2.